The highest BCUT2D eigenvalue weighted by Crippen LogP contribution is 2.40. The molecule has 0 aliphatic heterocycles. The van der Waals surface area contributed by atoms with Crippen LogP contribution >= 0.6 is 11.3 Å². The number of aliphatic hydroxyl groups excluding tert-OH is 1. The first-order valence-electron chi connectivity index (χ1n) is 6.83. The van der Waals surface area contributed by atoms with Crippen LogP contribution in [0.5, 0.6) is 0 Å². The van der Waals surface area contributed by atoms with E-state index in [2.05, 4.69) is 47.1 Å². The van der Waals surface area contributed by atoms with E-state index in [9.17, 15) is 5.11 Å². The van der Waals surface area contributed by atoms with Crippen LogP contribution in [-0.2, 0) is 6.54 Å². The molecule has 2 aromatic rings. The van der Waals surface area contributed by atoms with E-state index < -0.39 is 0 Å². The first-order valence-corrected chi connectivity index (χ1v) is 7.71. The molecular formula is C16H19NOS. The summed E-state index contributed by atoms with van der Waals surface area (Å²) in [4.78, 5) is 1.30. The molecule has 1 fully saturated rings. The van der Waals surface area contributed by atoms with Gasteiger partial charge in [-0.05, 0) is 41.3 Å². The molecule has 2 nitrogen and oxygen atoms in total. The maximum absolute atomic E-state index is 9.59. The van der Waals surface area contributed by atoms with Gasteiger partial charge >= 0.3 is 0 Å². The lowest BCUT2D eigenvalue weighted by molar-refractivity contribution is 0.244. The van der Waals surface area contributed by atoms with Crippen LogP contribution in [0.2, 0.25) is 0 Å². The van der Waals surface area contributed by atoms with Gasteiger partial charge in [0.05, 0.1) is 12.6 Å². The van der Waals surface area contributed by atoms with Gasteiger partial charge < -0.3 is 10.4 Å². The number of aliphatic hydroxyl groups is 1. The van der Waals surface area contributed by atoms with Crippen LogP contribution in [0.4, 0.5) is 0 Å². The number of thiophene rings is 1. The zero-order valence-electron chi connectivity index (χ0n) is 10.9. The zero-order chi connectivity index (χ0) is 13.1. The van der Waals surface area contributed by atoms with Gasteiger partial charge in [-0.2, -0.15) is 0 Å². The molecule has 0 radical (unpaired) electrons. The predicted molar refractivity (Wildman–Crippen MR) is 79.4 cm³/mol. The van der Waals surface area contributed by atoms with Gasteiger partial charge in [0.2, 0.25) is 0 Å². The van der Waals surface area contributed by atoms with Crippen LogP contribution in [0.1, 0.15) is 40.8 Å². The molecule has 1 atom stereocenters. The topological polar surface area (TPSA) is 32.3 Å². The fourth-order valence-electron chi connectivity index (χ4n) is 2.37. The van der Waals surface area contributed by atoms with E-state index in [0.29, 0.717) is 0 Å². The standard InChI is InChI=1S/C16H19NOS/c18-11-16(17-10-15-5-2-8-19-15)14-4-1-3-13(9-14)12-6-7-12/h1-5,8-9,12,16-18H,6-7,10-11H2. The molecule has 1 aromatic heterocycles. The van der Waals surface area contributed by atoms with E-state index in [1.807, 2.05) is 0 Å². The predicted octanol–water partition coefficient (Wildman–Crippen LogP) is 3.45. The molecule has 19 heavy (non-hydrogen) atoms. The molecule has 0 bridgehead atoms. The van der Waals surface area contributed by atoms with Crippen molar-refractivity contribution in [2.24, 2.45) is 0 Å². The average molecular weight is 273 g/mol. The minimum absolute atomic E-state index is 0.0285. The largest absolute Gasteiger partial charge is 0.394 e. The van der Waals surface area contributed by atoms with Crippen molar-refractivity contribution in [3.63, 3.8) is 0 Å². The minimum Gasteiger partial charge on any atom is -0.394 e. The molecule has 3 heteroatoms. The van der Waals surface area contributed by atoms with Crippen LogP contribution in [0.25, 0.3) is 0 Å². The summed E-state index contributed by atoms with van der Waals surface area (Å²) in [5.74, 6) is 0.761. The first-order chi connectivity index (χ1) is 9.36. The quantitative estimate of drug-likeness (QED) is 0.845. The Kier molecular flexibility index (Phi) is 3.97. The van der Waals surface area contributed by atoms with Gasteiger partial charge in [0.15, 0.2) is 0 Å². The lowest BCUT2D eigenvalue weighted by Gasteiger charge is -2.17. The highest BCUT2D eigenvalue weighted by Gasteiger charge is 2.24. The number of rotatable bonds is 6. The molecule has 1 aliphatic rings. The van der Waals surface area contributed by atoms with Crippen LogP contribution < -0.4 is 5.32 Å². The van der Waals surface area contributed by atoms with Crippen molar-refractivity contribution in [2.75, 3.05) is 6.61 Å². The molecule has 1 saturated carbocycles. The number of hydrogen-bond acceptors (Lipinski definition) is 3. The summed E-state index contributed by atoms with van der Waals surface area (Å²) in [6, 6.07) is 12.9. The van der Waals surface area contributed by atoms with Gasteiger partial charge in [0.25, 0.3) is 0 Å². The van der Waals surface area contributed by atoms with Gasteiger partial charge in [-0.1, -0.05) is 30.3 Å². The number of nitrogens with one attached hydrogen (secondary N) is 1. The second-order valence-corrected chi connectivity index (χ2v) is 6.17. The summed E-state index contributed by atoms with van der Waals surface area (Å²) >= 11 is 1.74. The van der Waals surface area contributed by atoms with E-state index in [1.54, 1.807) is 11.3 Å². The van der Waals surface area contributed by atoms with E-state index in [1.165, 1.54) is 28.8 Å². The molecular weight excluding hydrogens is 254 g/mol. The fourth-order valence-corrected chi connectivity index (χ4v) is 3.03. The van der Waals surface area contributed by atoms with E-state index >= 15 is 0 Å². The smallest absolute Gasteiger partial charge is 0.0626 e. The third kappa shape index (κ3) is 3.24. The normalized spacial score (nSPS) is 16.5. The van der Waals surface area contributed by atoms with Crippen molar-refractivity contribution < 1.29 is 5.11 Å². The van der Waals surface area contributed by atoms with Gasteiger partial charge in [-0.25, -0.2) is 0 Å². The molecule has 2 N–H and O–H groups in total. The Balaban J connectivity index is 1.68. The second kappa shape index (κ2) is 5.87. The fraction of sp³-hybridized carbons (Fsp3) is 0.375. The Morgan fingerprint density at radius 3 is 2.84 bits per heavy atom. The van der Waals surface area contributed by atoms with Gasteiger partial charge in [0.1, 0.15) is 0 Å². The average Bonchev–Trinajstić information content (AvgIpc) is 3.18. The Morgan fingerprint density at radius 2 is 2.16 bits per heavy atom. The third-order valence-corrected chi connectivity index (χ3v) is 4.52. The summed E-state index contributed by atoms with van der Waals surface area (Å²) in [7, 11) is 0. The van der Waals surface area contributed by atoms with Crippen LogP contribution in [0.15, 0.2) is 41.8 Å². The van der Waals surface area contributed by atoms with Crippen LogP contribution in [0.3, 0.4) is 0 Å². The lowest BCUT2D eigenvalue weighted by atomic mass is 10.0. The lowest BCUT2D eigenvalue weighted by Crippen LogP contribution is -2.23. The number of hydrogen-bond donors (Lipinski definition) is 2. The molecule has 1 heterocycles. The Hall–Kier alpha value is -1.16. The van der Waals surface area contributed by atoms with Crippen molar-refractivity contribution in [1.29, 1.82) is 0 Å². The van der Waals surface area contributed by atoms with E-state index in [-0.39, 0.29) is 12.6 Å². The summed E-state index contributed by atoms with van der Waals surface area (Å²) in [5.41, 5.74) is 2.62. The van der Waals surface area contributed by atoms with Gasteiger partial charge in [-0.15, -0.1) is 11.3 Å². The SMILES string of the molecule is OCC(NCc1cccs1)c1cccc(C2CC2)c1. The second-order valence-electron chi connectivity index (χ2n) is 5.14. The summed E-state index contributed by atoms with van der Waals surface area (Å²) in [6.07, 6.45) is 2.63. The molecule has 3 rings (SSSR count). The summed E-state index contributed by atoms with van der Waals surface area (Å²) in [5, 5.41) is 15.1. The Labute approximate surface area is 118 Å². The van der Waals surface area contributed by atoms with Crippen molar-refractivity contribution in [3.8, 4) is 0 Å². The van der Waals surface area contributed by atoms with Crippen LogP contribution in [-0.4, -0.2) is 11.7 Å². The highest BCUT2D eigenvalue weighted by atomic mass is 32.1. The van der Waals surface area contributed by atoms with E-state index in [0.717, 1.165) is 12.5 Å². The molecule has 0 saturated heterocycles. The Morgan fingerprint density at radius 1 is 1.26 bits per heavy atom. The maximum Gasteiger partial charge on any atom is 0.0626 e. The van der Waals surface area contributed by atoms with Crippen LogP contribution in [0, 0.1) is 0 Å². The minimum atomic E-state index is 0.0285. The van der Waals surface area contributed by atoms with Crippen molar-refractivity contribution in [2.45, 2.75) is 31.3 Å². The third-order valence-electron chi connectivity index (χ3n) is 3.65. The summed E-state index contributed by atoms with van der Waals surface area (Å²) in [6.45, 7) is 0.954. The number of benzene rings is 1. The van der Waals surface area contributed by atoms with Gasteiger partial charge in [-0.3, -0.25) is 0 Å². The van der Waals surface area contributed by atoms with E-state index in [4.69, 9.17) is 0 Å². The molecule has 1 aromatic carbocycles. The van der Waals surface area contributed by atoms with Crippen molar-refractivity contribution >= 4 is 11.3 Å². The van der Waals surface area contributed by atoms with Gasteiger partial charge in [0, 0.05) is 11.4 Å². The Bertz CT molecular complexity index is 519. The summed E-state index contributed by atoms with van der Waals surface area (Å²) < 4.78 is 0. The maximum atomic E-state index is 9.59. The first kappa shape index (κ1) is 12.9. The monoisotopic (exact) mass is 273 g/mol. The highest BCUT2D eigenvalue weighted by molar-refractivity contribution is 7.09. The molecule has 0 spiro atoms. The molecule has 1 aliphatic carbocycles. The molecule has 100 valence electrons. The zero-order valence-corrected chi connectivity index (χ0v) is 11.7. The molecule has 0 amide bonds. The van der Waals surface area contributed by atoms with Crippen molar-refractivity contribution in [3.05, 3.63) is 57.8 Å². The molecule has 1 unspecified atom stereocenters. The van der Waals surface area contributed by atoms with Crippen molar-refractivity contribution in [1.82, 2.24) is 5.32 Å².